The first-order valence-corrected chi connectivity index (χ1v) is 11.7. The summed E-state index contributed by atoms with van der Waals surface area (Å²) in [6.45, 7) is 0. The first kappa shape index (κ1) is 20.6. The number of rotatable bonds is 7. The molecule has 1 N–H and O–H groups in total. The van der Waals surface area contributed by atoms with Crippen LogP contribution in [0.15, 0.2) is 30.3 Å². The number of β-lactam (4-membered cyclic amide) rings is 1. The summed E-state index contributed by atoms with van der Waals surface area (Å²) in [5.41, 5.74) is 1.52. The van der Waals surface area contributed by atoms with Gasteiger partial charge in [-0.05, 0) is 0 Å². The zero-order valence-electron chi connectivity index (χ0n) is 16.1. The first-order valence-electron chi connectivity index (χ1n) is 8.56. The summed E-state index contributed by atoms with van der Waals surface area (Å²) >= 11 is 6.22. The average molecular weight is 471 g/mol. The molecular weight excluding hydrogens is 449 g/mol. The molecular formula is C20H22ClNO5Se. The number of phenolic OH excluding ortho intramolecular Hbond substituents is 1. The van der Waals surface area contributed by atoms with E-state index in [2.05, 4.69) is 5.82 Å². The van der Waals surface area contributed by atoms with E-state index < -0.39 is 0 Å². The normalized spacial score (nSPS) is 18.6. The van der Waals surface area contributed by atoms with Crippen molar-refractivity contribution < 1.29 is 24.1 Å². The van der Waals surface area contributed by atoms with Gasteiger partial charge in [-0.3, -0.25) is 0 Å². The Labute approximate surface area is 175 Å². The van der Waals surface area contributed by atoms with E-state index in [1.54, 1.807) is 37.3 Å². The van der Waals surface area contributed by atoms with Crippen molar-refractivity contribution >= 4 is 42.6 Å². The fourth-order valence-electron chi connectivity index (χ4n) is 3.47. The number of hydrogen-bond donors (Lipinski definition) is 1. The molecule has 2 aromatic rings. The zero-order valence-corrected chi connectivity index (χ0v) is 18.5. The zero-order chi connectivity index (χ0) is 20.4. The fraction of sp³-hybridized carbons (Fsp3) is 0.350. The van der Waals surface area contributed by atoms with Crippen LogP contribution < -0.4 is 23.6 Å². The summed E-state index contributed by atoms with van der Waals surface area (Å²) in [5.74, 6) is 3.53. The van der Waals surface area contributed by atoms with Crippen LogP contribution in [-0.2, 0) is 4.79 Å². The van der Waals surface area contributed by atoms with E-state index >= 15 is 0 Å². The molecule has 1 aliphatic heterocycles. The molecule has 0 spiro atoms. The third kappa shape index (κ3) is 3.39. The van der Waals surface area contributed by atoms with Crippen LogP contribution in [0.25, 0.3) is 0 Å². The van der Waals surface area contributed by atoms with Gasteiger partial charge in [-0.1, -0.05) is 0 Å². The van der Waals surface area contributed by atoms with Gasteiger partial charge in [-0.15, -0.1) is 0 Å². The van der Waals surface area contributed by atoms with Gasteiger partial charge in [0.15, 0.2) is 0 Å². The predicted octanol–water partition coefficient (Wildman–Crippen LogP) is 2.74. The van der Waals surface area contributed by atoms with Gasteiger partial charge in [0.25, 0.3) is 0 Å². The average Bonchev–Trinajstić information content (AvgIpc) is 2.71. The van der Waals surface area contributed by atoms with Crippen LogP contribution in [0.5, 0.6) is 23.0 Å². The van der Waals surface area contributed by atoms with Gasteiger partial charge < -0.3 is 0 Å². The summed E-state index contributed by atoms with van der Waals surface area (Å²) in [4.78, 5) is 14.5. The van der Waals surface area contributed by atoms with E-state index in [0.29, 0.717) is 17.2 Å². The second-order valence-electron chi connectivity index (χ2n) is 6.23. The number of hydrogen-bond acceptors (Lipinski definition) is 5. The fourth-order valence-corrected chi connectivity index (χ4v) is 5.04. The van der Waals surface area contributed by atoms with E-state index in [4.69, 9.17) is 25.8 Å². The van der Waals surface area contributed by atoms with Crippen molar-refractivity contribution in [3.05, 3.63) is 35.9 Å². The molecule has 28 heavy (non-hydrogen) atoms. The number of carbonyl (C=O) groups is 1. The number of phenols is 1. The molecule has 0 radical (unpaired) electrons. The van der Waals surface area contributed by atoms with Crippen molar-refractivity contribution in [1.82, 2.24) is 0 Å². The Morgan fingerprint density at radius 2 is 1.82 bits per heavy atom. The number of benzene rings is 2. The molecule has 1 saturated heterocycles. The van der Waals surface area contributed by atoms with Gasteiger partial charge in [0.05, 0.1) is 0 Å². The van der Waals surface area contributed by atoms with Gasteiger partial charge in [-0.25, -0.2) is 0 Å². The van der Waals surface area contributed by atoms with Crippen molar-refractivity contribution in [3.63, 3.8) is 0 Å². The van der Waals surface area contributed by atoms with Crippen molar-refractivity contribution in [2.75, 3.05) is 32.1 Å². The number of anilines is 1. The first-order chi connectivity index (χ1) is 13.5. The number of amides is 1. The summed E-state index contributed by atoms with van der Waals surface area (Å²) in [6.07, 6.45) is 0. The molecule has 0 bridgehead atoms. The number of halogens is 1. The Bertz CT molecular complexity index is 866. The Morgan fingerprint density at radius 1 is 1.11 bits per heavy atom. The number of carbonyl (C=O) groups excluding carboxylic acids is 1. The summed E-state index contributed by atoms with van der Waals surface area (Å²) < 4.78 is 17.1. The van der Waals surface area contributed by atoms with Gasteiger partial charge in [0.1, 0.15) is 0 Å². The van der Waals surface area contributed by atoms with E-state index in [9.17, 15) is 9.90 Å². The molecule has 0 saturated carbocycles. The number of methoxy groups -OCH3 is 3. The SMILES string of the molecule is COc1ccc([C@H]2[C@H](CCl)C(=O)N2c2cc(OC)c(OC)c([Se]C)c2)cc1O. The topological polar surface area (TPSA) is 68.2 Å². The van der Waals surface area contributed by atoms with Gasteiger partial charge in [-0.2, -0.15) is 0 Å². The number of nitrogens with zero attached hydrogens (tertiary/aromatic N) is 1. The van der Waals surface area contributed by atoms with E-state index in [1.807, 2.05) is 12.1 Å². The molecule has 1 fully saturated rings. The van der Waals surface area contributed by atoms with E-state index in [1.165, 1.54) is 7.11 Å². The molecule has 3 rings (SSSR count). The van der Waals surface area contributed by atoms with Gasteiger partial charge >= 0.3 is 176 Å². The number of aromatic hydroxyl groups is 1. The van der Waals surface area contributed by atoms with Crippen LogP contribution in [0.4, 0.5) is 5.69 Å². The number of ether oxygens (including phenoxy) is 3. The third-order valence-electron chi connectivity index (χ3n) is 4.85. The molecule has 0 aliphatic carbocycles. The van der Waals surface area contributed by atoms with Crippen molar-refractivity contribution in [2.24, 2.45) is 5.92 Å². The molecule has 2 aromatic carbocycles. The van der Waals surface area contributed by atoms with Crippen LogP contribution in [0.1, 0.15) is 11.6 Å². The molecule has 150 valence electrons. The summed E-state index contributed by atoms with van der Waals surface area (Å²) in [6, 6.07) is 8.62. The molecule has 0 unspecified atom stereocenters. The summed E-state index contributed by atoms with van der Waals surface area (Å²) in [5, 5.41) is 10.2. The standard InChI is InChI=1S/C20H22ClNO5Se/c1-25-15-6-5-11(7-14(15)23)18-13(10-21)20(24)22(18)12-8-16(26-2)19(27-3)17(9-12)28-4/h5-9,13,18,23H,10H2,1-4H3/t13-,18-/m0/s1. The Balaban J connectivity index is 2.07. The Morgan fingerprint density at radius 3 is 2.36 bits per heavy atom. The maximum absolute atomic E-state index is 12.8. The minimum absolute atomic E-state index is 0.0255. The number of alkyl halides is 1. The molecule has 1 aliphatic rings. The van der Waals surface area contributed by atoms with Crippen LogP contribution in [0.2, 0.25) is 5.82 Å². The van der Waals surface area contributed by atoms with E-state index in [0.717, 1.165) is 15.7 Å². The second kappa shape index (κ2) is 8.51. The molecule has 8 heteroatoms. The molecule has 1 heterocycles. The minimum atomic E-state index is -0.363. The molecule has 2 atom stereocenters. The quantitative estimate of drug-likeness (QED) is 0.383. The molecule has 6 nitrogen and oxygen atoms in total. The van der Waals surface area contributed by atoms with Crippen LogP contribution in [0.3, 0.4) is 0 Å². The summed E-state index contributed by atoms with van der Waals surface area (Å²) in [7, 11) is 4.67. The van der Waals surface area contributed by atoms with Crippen molar-refractivity contribution in [2.45, 2.75) is 11.9 Å². The monoisotopic (exact) mass is 471 g/mol. The van der Waals surface area contributed by atoms with Crippen LogP contribution >= 0.6 is 11.6 Å². The van der Waals surface area contributed by atoms with Crippen molar-refractivity contribution in [3.8, 4) is 23.0 Å². The maximum atomic E-state index is 12.8. The van der Waals surface area contributed by atoms with Crippen molar-refractivity contribution in [1.29, 1.82) is 0 Å². The van der Waals surface area contributed by atoms with Crippen LogP contribution in [-0.4, -0.2) is 53.2 Å². The molecule has 0 aromatic heterocycles. The second-order valence-corrected chi connectivity index (χ2v) is 8.32. The van der Waals surface area contributed by atoms with Gasteiger partial charge in [0.2, 0.25) is 0 Å². The van der Waals surface area contributed by atoms with E-state index in [-0.39, 0.29) is 44.5 Å². The molecule has 1 amide bonds. The predicted molar refractivity (Wildman–Crippen MR) is 110 cm³/mol. The van der Waals surface area contributed by atoms with Crippen LogP contribution in [0, 0.1) is 5.92 Å². The van der Waals surface area contributed by atoms with Gasteiger partial charge in [0, 0.05) is 0 Å². The Kier molecular flexibility index (Phi) is 6.28. The Hall–Kier alpha value is -2.08. The third-order valence-corrected chi connectivity index (χ3v) is 6.74.